The molecule has 1 aromatic carbocycles. The minimum Gasteiger partial charge on any atom is -0.304 e. The van der Waals surface area contributed by atoms with Gasteiger partial charge in [0.25, 0.3) is 0 Å². The van der Waals surface area contributed by atoms with Gasteiger partial charge in [0.1, 0.15) is 0 Å². The van der Waals surface area contributed by atoms with Gasteiger partial charge >= 0.3 is 12.2 Å². The van der Waals surface area contributed by atoms with Crippen LogP contribution in [0.4, 0.5) is 36.8 Å². The summed E-state index contributed by atoms with van der Waals surface area (Å²) in [6.45, 7) is 1.81. The number of fused-ring (bicyclic) bond motifs is 1. The maximum atomic E-state index is 14.2. The van der Waals surface area contributed by atoms with E-state index in [1.54, 1.807) is 6.92 Å². The van der Waals surface area contributed by atoms with E-state index in [4.69, 9.17) is 5.14 Å². The molecule has 0 spiro atoms. The lowest BCUT2D eigenvalue weighted by Crippen LogP contribution is -2.21. The molecule has 15 heteroatoms. The number of carbonyl (C=O) groups excluding carboxylic acids is 1. The van der Waals surface area contributed by atoms with Gasteiger partial charge in [0.15, 0.2) is 33.1 Å². The number of hydrogen-bond acceptors (Lipinski definition) is 4. The van der Waals surface area contributed by atoms with Crippen molar-refractivity contribution in [1.82, 2.24) is 14.8 Å². The first-order chi connectivity index (χ1) is 16.8. The Bertz CT molecular complexity index is 1490. The van der Waals surface area contributed by atoms with Gasteiger partial charge in [-0.05, 0) is 49.4 Å². The summed E-state index contributed by atoms with van der Waals surface area (Å²) in [5.74, 6) is -3.80. The van der Waals surface area contributed by atoms with Crippen LogP contribution in [0.5, 0.6) is 0 Å². The number of amides is 2. The third-order valence-corrected chi connectivity index (χ3v) is 6.71. The zero-order valence-corrected chi connectivity index (χ0v) is 19.3. The highest BCUT2D eigenvalue weighted by molar-refractivity contribution is 7.91. The van der Waals surface area contributed by atoms with Crippen molar-refractivity contribution in [2.75, 3.05) is 5.32 Å². The summed E-state index contributed by atoms with van der Waals surface area (Å²) in [4.78, 5) is 16.4. The maximum Gasteiger partial charge on any atom is 0.434 e. The number of alkyl halides is 3. The van der Waals surface area contributed by atoms with E-state index in [2.05, 4.69) is 19.8 Å². The molecule has 0 aliphatic heterocycles. The van der Waals surface area contributed by atoms with E-state index in [-0.39, 0.29) is 30.6 Å². The number of carbonyl (C=O) groups is 1. The summed E-state index contributed by atoms with van der Waals surface area (Å²) in [5.41, 5.74) is -2.73. The Labute approximate surface area is 200 Å². The number of rotatable bonds is 4. The van der Waals surface area contributed by atoms with E-state index in [1.807, 2.05) is 0 Å². The van der Waals surface area contributed by atoms with Crippen molar-refractivity contribution in [3.8, 4) is 11.1 Å². The predicted molar refractivity (Wildman–Crippen MR) is 117 cm³/mol. The van der Waals surface area contributed by atoms with Gasteiger partial charge in [-0.2, -0.15) is 18.3 Å². The normalized spacial score (nSPS) is 14.9. The molecule has 0 unspecified atom stereocenters. The fourth-order valence-electron chi connectivity index (χ4n) is 3.89. The van der Waals surface area contributed by atoms with E-state index >= 15 is 0 Å². The number of nitrogens with zero attached hydrogens (tertiary/aromatic N) is 4. The number of aromatic nitrogens is 3. The second-order valence-corrected chi connectivity index (χ2v) is 9.55. The average Bonchev–Trinajstić information content (AvgIpc) is 3.41. The van der Waals surface area contributed by atoms with Crippen LogP contribution in [-0.2, 0) is 35.5 Å². The molecule has 1 atom stereocenters. The highest BCUT2D eigenvalue weighted by Gasteiger charge is 2.40. The molecule has 192 valence electrons. The van der Waals surface area contributed by atoms with Gasteiger partial charge < -0.3 is 5.32 Å². The number of urea groups is 1. The molecule has 3 N–H and O–H groups in total. The Kier molecular flexibility index (Phi) is 6.55. The molecule has 1 aliphatic carbocycles. The Morgan fingerprint density at radius 1 is 1.19 bits per heavy atom. The zero-order chi connectivity index (χ0) is 26.4. The van der Waals surface area contributed by atoms with Gasteiger partial charge in [0.2, 0.25) is 5.03 Å². The average molecular weight is 532 g/mol. The van der Waals surface area contributed by atoms with Crippen molar-refractivity contribution in [1.29, 1.82) is 0 Å². The number of hydrogen-bond donors (Lipinski definition) is 2. The number of benzene rings is 1. The second-order valence-electron chi connectivity index (χ2n) is 7.84. The Morgan fingerprint density at radius 2 is 1.92 bits per heavy atom. The predicted octanol–water partition coefficient (Wildman–Crippen LogP) is 4.82. The van der Waals surface area contributed by atoms with Crippen molar-refractivity contribution >= 4 is 21.6 Å². The van der Waals surface area contributed by atoms with Crippen LogP contribution >= 0.6 is 0 Å². The maximum absolute atomic E-state index is 14.2. The van der Waals surface area contributed by atoms with Gasteiger partial charge in [0, 0.05) is 17.8 Å². The molecule has 2 amide bonds. The molecule has 0 saturated carbocycles. The molecule has 4 rings (SSSR count). The van der Waals surface area contributed by atoms with Crippen molar-refractivity contribution in [2.45, 2.75) is 43.9 Å². The molecule has 3 aromatic rings. The van der Waals surface area contributed by atoms with E-state index in [1.165, 1.54) is 0 Å². The fourth-order valence-corrected chi connectivity index (χ4v) is 4.82. The van der Waals surface area contributed by atoms with Gasteiger partial charge in [-0.3, -0.25) is 4.68 Å². The molecule has 0 radical (unpaired) electrons. The summed E-state index contributed by atoms with van der Waals surface area (Å²) in [7, 11) is -4.23. The van der Waals surface area contributed by atoms with Crippen LogP contribution in [-0.4, -0.2) is 25.0 Å². The Balaban J connectivity index is 1.89. The van der Waals surface area contributed by atoms with Crippen LogP contribution in [0.1, 0.15) is 30.3 Å². The van der Waals surface area contributed by atoms with Gasteiger partial charge in [0.05, 0.1) is 11.9 Å². The van der Waals surface area contributed by atoms with Crippen LogP contribution in [0.3, 0.4) is 0 Å². The number of halogens is 6. The molecule has 1 aliphatic rings. The largest absolute Gasteiger partial charge is 0.434 e. The smallest absolute Gasteiger partial charge is 0.304 e. The number of anilines is 1. The molecular weight excluding hydrogens is 514 g/mol. The monoisotopic (exact) mass is 532 g/mol. The van der Waals surface area contributed by atoms with Crippen LogP contribution in [0.15, 0.2) is 33.8 Å². The van der Waals surface area contributed by atoms with E-state index in [0.29, 0.717) is 18.6 Å². The van der Waals surface area contributed by atoms with Crippen molar-refractivity contribution in [3.63, 3.8) is 0 Å². The SMILES string of the molecule is CCn1cc(F)c([S@](N)(=O)=NC(=O)Nc2c3c(nc(C(F)(F)F)c2-c2ccc(F)c(F)c2)CCC3)n1. The van der Waals surface area contributed by atoms with Crippen LogP contribution < -0.4 is 10.5 Å². The van der Waals surface area contributed by atoms with Gasteiger partial charge in [-0.1, -0.05) is 6.07 Å². The number of pyridine rings is 1. The van der Waals surface area contributed by atoms with Crippen LogP contribution in [0.25, 0.3) is 11.1 Å². The topological polar surface area (TPSA) is 115 Å². The third-order valence-electron chi connectivity index (χ3n) is 5.44. The lowest BCUT2D eigenvalue weighted by Gasteiger charge is -2.20. The summed E-state index contributed by atoms with van der Waals surface area (Å²) < 4.78 is 101. The first-order valence-electron chi connectivity index (χ1n) is 10.5. The molecule has 0 saturated heterocycles. The molecular formula is C21H18F6N6O2S. The fraction of sp³-hybridized carbons (Fsp3) is 0.286. The first kappa shape index (κ1) is 25.6. The van der Waals surface area contributed by atoms with Crippen molar-refractivity contribution in [2.24, 2.45) is 9.50 Å². The Hall–Kier alpha value is -3.46. The molecule has 0 fully saturated rings. The first-order valence-corrected chi connectivity index (χ1v) is 12.1. The van der Waals surface area contributed by atoms with E-state index in [9.17, 15) is 35.3 Å². The molecule has 2 heterocycles. The van der Waals surface area contributed by atoms with Crippen LogP contribution in [0, 0.1) is 17.5 Å². The second kappa shape index (κ2) is 9.20. The van der Waals surface area contributed by atoms with Gasteiger partial charge in [-0.25, -0.2) is 32.3 Å². The van der Waals surface area contributed by atoms with Crippen molar-refractivity contribution < 1.29 is 35.3 Å². The minimum absolute atomic E-state index is 0.0465. The van der Waals surface area contributed by atoms with E-state index in [0.717, 1.165) is 16.9 Å². The molecule has 2 aromatic heterocycles. The third kappa shape index (κ3) is 4.80. The lowest BCUT2D eigenvalue weighted by molar-refractivity contribution is -0.140. The molecule has 8 nitrogen and oxygen atoms in total. The molecule has 0 bridgehead atoms. The lowest BCUT2D eigenvalue weighted by atomic mass is 9.97. The number of nitrogens with one attached hydrogen (secondary N) is 1. The van der Waals surface area contributed by atoms with Gasteiger partial charge in [-0.15, -0.1) is 4.36 Å². The number of aryl methyl sites for hydroxylation is 2. The summed E-state index contributed by atoms with van der Waals surface area (Å²) >= 11 is 0. The minimum atomic E-state index is -5.04. The van der Waals surface area contributed by atoms with E-state index < -0.39 is 67.1 Å². The molecule has 36 heavy (non-hydrogen) atoms. The zero-order valence-electron chi connectivity index (χ0n) is 18.5. The Morgan fingerprint density at radius 3 is 2.53 bits per heavy atom. The highest BCUT2D eigenvalue weighted by Crippen LogP contribution is 2.44. The summed E-state index contributed by atoms with van der Waals surface area (Å²) in [5, 5.41) is 10.6. The number of nitrogens with two attached hydrogens (primary N) is 1. The van der Waals surface area contributed by atoms with Crippen LogP contribution in [0.2, 0.25) is 0 Å². The quantitative estimate of drug-likeness (QED) is 0.469. The summed E-state index contributed by atoms with van der Waals surface area (Å²) in [6.07, 6.45) is -3.36. The standard InChI is InChI=1S/C21H18F6N6O2S/c1-2-33-9-14(24)19(31-33)36(28,35)32-20(34)30-17-11-4-3-5-15(11)29-18(21(25,26)27)16(17)10-6-7-12(22)13(23)8-10/h6-9H,2-5H2,1H3,(H3,28,29,30,32,34,35)/t36-/m1/s1. The summed E-state index contributed by atoms with van der Waals surface area (Å²) in [6, 6.07) is 0.616. The highest BCUT2D eigenvalue weighted by atomic mass is 32.2. The van der Waals surface area contributed by atoms with Crippen molar-refractivity contribution in [3.05, 3.63) is 58.8 Å².